The first-order valence-electron chi connectivity index (χ1n) is 7.54. The molecule has 1 aliphatic rings. The van der Waals surface area contributed by atoms with Gasteiger partial charge < -0.3 is 10.6 Å². The molecule has 2 aromatic heterocycles. The molecule has 1 unspecified atom stereocenters. The molecule has 8 nitrogen and oxygen atoms in total. The molecule has 25 heavy (non-hydrogen) atoms. The number of benzene rings is 1. The topological polar surface area (TPSA) is 103 Å². The number of nitrogens with one attached hydrogen (secondary N) is 3. The van der Waals surface area contributed by atoms with Crippen molar-refractivity contribution in [1.29, 1.82) is 0 Å². The van der Waals surface area contributed by atoms with Gasteiger partial charge in [-0.2, -0.15) is 5.10 Å². The van der Waals surface area contributed by atoms with Gasteiger partial charge in [-0.25, -0.2) is 19.5 Å². The summed E-state index contributed by atoms with van der Waals surface area (Å²) in [6.07, 6.45) is 5.15. The lowest BCUT2D eigenvalue weighted by molar-refractivity contribution is 0.199. The standard InChI is InChI=1S/C16H14N6O2S/c1-9-6-13(14-17-4-5-25-14)20-16(24)22(9)15(23)19-11-2-3-12-10(7-11)8-18-21-12/h2-8,13H,1H3,(H,18,21)(H,19,23)(H,20,24). The molecule has 0 saturated carbocycles. The van der Waals surface area contributed by atoms with Crippen LogP contribution < -0.4 is 10.6 Å². The van der Waals surface area contributed by atoms with Gasteiger partial charge in [-0.15, -0.1) is 11.3 Å². The van der Waals surface area contributed by atoms with Crippen LogP contribution in [0.15, 0.2) is 47.7 Å². The van der Waals surface area contributed by atoms with Crippen molar-refractivity contribution in [1.82, 2.24) is 25.4 Å². The van der Waals surface area contributed by atoms with Crippen molar-refractivity contribution < 1.29 is 9.59 Å². The van der Waals surface area contributed by atoms with E-state index in [1.54, 1.807) is 37.5 Å². The van der Waals surface area contributed by atoms with E-state index in [4.69, 9.17) is 0 Å². The van der Waals surface area contributed by atoms with Gasteiger partial charge in [0.05, 0.1) is 11.7 Å². The Hall–Kier alpha value is -3.20. The number of carbonyl (C=O) groups excluding carboxylic acids is 2. The summed E-state index contributed by atoms with van der Waals surface area (Å²) in [5.74, 6) is 0. The lowest BCUT2D eigenvalue weighted by Gasteiger charge is -2.29. The van der Waals surface area contributed by atoms with Crippen molar-refractivity contribution in [3.8, 4) is 0 Å². The van der Waals surface area contributed by atoms with Crippen LogP contribution in [-0.4, -0.2) is 32.1 Å². The molecule has 1 aromatic carbocycles. The van der Waals surface area contributed by atoms with Crippen LogP contribution in [0.25, 0.3) is 10.9 Å². The highest BCUT2D eigenvalue weighted by atomic mass is 32.1. The van der Waals surface area contributed by atoms with Gasteiger partial charge in [0.15, 0.2) is 0 Å². The number of carbonyl (C=O) groups is 2. The molecule has 0 fully saturated rings. The predicted molar refractivity (Wildman–Crippen MR) is 94.1 cm³/mol. The van der Waals surface area contributed by atoms with Crippen molar-refractivity contribution in [3.63, 3.8) is 0 Å². The molecule has 1 aliphatic heterocycles. The second kappa shape index (κ2) is 6.02. The number of anilines is 1. The van der Waals surface area contributed by atoms with Gasteiger partial charge >= 0.3 is 12.1 Å². The van der Waals surface area contributed by atoms with Crippen LogP contribution in [0, 0.1) is 0 Å². The Morgan fingerprint density at radius 2 is 2.28 bits per heavy atom. The molecule has 0 aliphatic carbocycles. The number of allylic oxidation sites excluding steroid dienone is 1. The fourth-order valence-corrected chi connectivity index (χ4v) is 3.34. The average molecular weight is 354 g/mol. The van der Waals surface area contributed by atoms with Crippen LogP contribution >= 0.6 is 11.3 Å². The fraction of sp³-hybridized carbons (Fsp3) is 0.125. The fourth-order valence-electron chi connectivity index (χ4n) is 2.69. The normalized spacial score (nSPS) is 17.3. The first-order valence-corrected chi connectivity index (χ1v) is 8.42. The van der Waals surface area contributed by atoms with Crippen LogP contribution in [0.2, 0.25) is 0 Å². The third-order valence-corrected chi connectivity index (χ3v) is 4.71. The molecule has 4 amide bonds. The first-order chi connectivity index (χ1) is 12.1. The number of aromatic amines is 1. The molecule has 0 saturated heterocycles. The second-order valence-corrected chi connectivity index (χ2v) is 6.47. The highest BCUT2D eigenvalue weighted by Crippen LogP contribution is 2.25. The van der Waals surface area contributed by atoms with E-state index in [0.717, 1.165) is 20.8 Å². The minimum atomic E-state index is -0.522. The maximum atomic E-state index is 12.5. The van der Waals surface area contributed by atoms with E-state index in [2.05, 4.69) is 25.8 Å². The molecule has 126 valence electrons. The van der Waals surface area contributed by atoms with Crippen LogP contribution in [0.4, 0.5) is 15.3 Å². The molecule has 3 aromatic rings. The zero-order valence-electron chi connectivity index (χ0n) is 13.2. The quantitative estimate of drug-likeness (QED) is 0.657. The summed E-state index contributed by atoms with van der Waals surface area (Å²) in [6.45, 7) is 1.72. The van der Waals surface area contributed by atoms with Gasteiger partial charge in [0.25, 0.3) is 0 Å². The van der Waals surface area contributed by atoms with Crippen molar-refractivity contribution in [2.45, 2.75) is 13.0 Å². The number of H-pyrrole nitrogens is 1. The van der Waals surface area contributed by atoms with Gasteiger partial charge in [0.2, 0.25) is 0 Å². The molecule has 9 heteroatoms. The average Bonchev–Trinajstić information content (AvgIpc) is 3.25. The molecule has 4 rings (SSSR count). The van der Waals surface area contributed by atoms with Gasteiger partial charge in [-0.1, -0.05) is 0 Å². The lowest BCUT2D eigenvalue weighted by atomic mass is 10.2. The second-order valence-electron chi connectivity index (χ2n) is 5.54. The highest BCUT2D eigenvalue weighted by Gasteiger charge is 2.31. The van der Waals surface area contributed by atoms with Crippen LogP contribution in [0.5, 0.6) is 0 Å². The van der Waals surface area contributed by atoms with Gasteiger partial charge in [0, 0.05) is 28.3 Å². The zero-order valence-corrected chi connectivity index (χ0v) is 14.0. The van der Waals surface area contributed by atoms with E-state index in [0.29, 0.717) is 11.4 Å². The Labute approximate surface area is 146 Å². The summed E-state index contributed by atoms with van der Waals surface area (Å²) >= 11 is 1.45. The van der Waals surface area contributed by atoms with Gasteiger partial charge in [0.1, 0.15) is 11.0 Å². The Bertz CT molecular complexity index is 978. The number of thiazole rings is 1. The molecule has 3 heterocycles. The lowest BCUT2D eigenvalue weighted by Crippen LogP contribution is -2.48. The number of imide groups is 1. The molecular formula is C16H14N6O2S. The third-order valence-electron chi connectivity index (χ3n) is 3.85. The van der Waals surface area contributed by atoms with E-state index in [1.807, 2.05) is 11.4 Å². The van der Waals surface area contributed by atoms with Crippen LogP contribution in [0.3, 0.4) is 0 Å². The molecule has 0 bridgehead atoms. The van der Waals surface area contributed by atoms with E-state index in [-0.39, 0.29) is 6.04 Å². The number of hydrogen-bond acceptors (Lipinski definition) is 5. The Morgan fingerprint density at radius 1 is 1.40 bits per heavy atom. The number of hydrogen-bond donors (Lipinski definition) is 3. The van der Waals surface area contributed by atoms with Crippen molar-refractivity contribution >= 4 is 40.0 Å². The minimum absolute atomic E-state index is 0.321. The molecular weight excluding hydrogens is 340 g/mol. The maximum Gasteiger partial charge on any atom is 0.334 e. The molecule has 1 atom stereocenters. The number of aromatic nitrogens is 3. The van der Waals surface area contributed by atoms with E-state index < -0.39 is 12.1 Å². The largest absolute Gasteiger partial charge is 0.334 e. The van der Waals surface area contributed by atoms with Gasteiger partial charge in [-0.05, 0) is 31.2 Å². The summed E-state index contributed by atoms with van der Waals surface area (Å²) in [5, 5.41) is 15.8. The van der Waals surface area contributed by atoms with E-state index in [1.165, 1.54) is 11.3 Å². The van der Waals surface area contributed by atoms with Crippen LogP contribution in [-0.2, 0) is 0 Å². The van der Waals surface area contributed by atoms with E-state index in [9.17, 15) is 9.59 Å². The van der Waals surface area contributed by atoms with Gasteiger partial charge in [-0.3, -0.25) is 5.10 Å². The number of nitrogens with zero attached hydrogens (tertiary/aromatic N) is 3. The number of amides is 4. The van der Waals surface area contributed by atoms with Crippen molar-refractivity contribution in [2.24, 2.45) is 0 Å². The Balaban J connectivity index is 1.55. The summed E-state index contributed by atoms with van der Waals surface area (Å²) in [5.41, 5.74) is 2.00. The summed E-state index contributed by atoms with van der Waals surface area (Å²) in [6, 6.07) is 4.02. The molecule has 0 spiro atoms. The summed E-state index contributed by atoms with van der Waals surface area (Å²) < 4.78 is 0. The van der Waals surface area contributed by atoms with Crippen molar-refractivity contribution in [3.05, 3.63) is 52.8 Å². The number of fused-ring (bicyclic) bond motifs is 1. The Morgan fingerprint density at radius 3 is 3.04 bits per heavy atom. The predicted octanol–water partition coefficient (Wildman–Crippen LogP) is 3.22. The zero-order chi connectivity index (χ0) is 17.4. The van der Waals surface area contributed by atoms with Crippen molar-refractivity contribution in [2.75, 3.05) is 5.32 Å². The monoisotopic (exact) mass is 354 g/mol. The number of rotatable bonds is 2. The summed E-state index contributed by atoms with van der Waals surface area (Å²) in [7, 11) is 0. The first kappa shape index (κ1) is 15.3. The minimum Gasteiger partial charge on any atom is -0.324 e. The molecule has 3 N–H and O–H groups in total. The molecule has 0 radical (unpaired) electrons. The highest BCUT2D eigenvalue weighted by molar-refractivity contribution is 7.09. The van der Waals surface area contributed by atoms with E-state index >= 15 is 0 Å². The third kappa shape index (κ3) is 2.85. The van der Waals surface area contributed by atoms with Crippen LogP contribution in [0.1, 0.15) is 18.0 Å². The summed E-state index contributed by atoms with van der Waals surface area (Å²) in [4.78, 5) is 30.2. The Kier molecular flexibility index (Phi) is 3.69. The smallest absolute Gasteiger partial charge is 0.324 e. The maximum absolute atomic E-state index is 12.5. The number of urea groups is 2. The SMILES string of the molecule is CC1=CC(c2nccs2)NC(=O)N1C(=O)Nc1ccc2[nH]ncc2c1.